The van der Waals surface area contributed by atoms with Crippen LogP contribution in [0.3, 0.4) is 0 Å². The molecule has 0 aromatic heterocycles. The van der Waals surface area contributed by atoms with Gasteiger partial charge in [0, 0.05) is 0 Å². The average molecular weight is 201 g/mol. The van der Waals surface area contributed by atoms with Gasteiger partial charge >= 0.3 is 0 Å². The van der Waals surface area contributed by atoms with Crippen molar-refractivity contribution in [3.8, 4) is 0 Å². The molecule has 0 fully saturated rings. The maximum Gasteiger partial charge on any atom is 0.266 e. The number of isocyanates is 1. The molecule has 14 heavy (non-hydrogen) atoms. The van der Waals surface area contributed by atoms with E-state index >= 15 is 0 Å². The van der Waals surface area contributed by atoms with Gasteiger partial charge in [-0.2, -0.15) is 0 Å². The molecule has 74 valence electrons. The second-order valence-electron chi connectivity index (χ2n) is 2.56. The Kier molecular flexibility index (Phi) is 3.42. The highest BCUT2D eigenvalue weighted by atomic mass is 19.3. The monoisotopic (exact) mass is 201 g/mol. The molecule has 1 aromatic carbocycles. The summed E-state index contributed by atoms with van der Waals surface area (Å²) in [7, 11) is 0. The highest BCUT2D eigenvalue weighted by Gasteiger charge is 2.12. The van der Waals surface area contributed by atoms with E-state index in [1.54, 1.807) is 0 Å². The molecule has 1 aromatic rings. The summed E-state index contributed by atoms with van der Waals surface area (Å²) in [5.41, 5.74) is -0.293. The molecule has 0 bridgehead atoms. The number of aliphatic imine (C=N–C) groups is 1. The van der Waals surface area contributed by atoms with Crippen LogP contribution in [0.1, 0.15) is 17.6 Å². The summed E-state index contributed by atoms with van der Waals surface area (Å²) in [6.45, 7) is -0.0516. The van der Waals surface area contributed by atoms with E-state index in [1.807, 2.05) is 0 Å². The van der Waals surface area contributed by atoms with E-state index in [0.717, 1.165) is 12.1 Å². The van der Waals surface area contributed by atoms with E-state index < -0.39 is 17.8 Å². The number of benzene rings is 1. The third-order valence-corrected chi connectivity index (χ3v) is 1.63. The minimum atomic E-state index is -2.83. The fraction of sp³-hybridized carbons (Fsp3) is 0.222. The lowest BCUT2D eigenvalue weighted by Gasteiger charge is -2.02. The zero-order chi connectivity index (χ0) is 10.6. The molecule has 0 spiro atoms. The Morgan fingerprint density at radius 1 is 1.43 bits per heavy atom. The van der Waals surface area contributed by atoms with Crippen LogP contribution in [0.4, 0.5) is 13.2 Å². The minimum Gasteiger partial charge on any atom is -0.211 e. The Balaban J connectivity index is 2.94. The van der Waals surface area contributed by atoms with Gasteiger partial charge in [-0.1, -0.05) is 12.1 Å². The number of hydrogen-bond donors (Lipinski definition) is 0. The van der Waals surface area contributed by atoms with Crippen molar-refractivity contribution in [2.24, 2.45) is 4.99 Å². The zero-order valence-corrected chi connectivity index (χ0v) is 7.01. The topological polar surface area (TPSA) is 29.4 Å². The van der Waals surface area contributed by atoms with Crippen molar-refractivity contribution in [3.63, 3.8) is 0 Å². The van der Waals surface area contributed by atoms with Crippen LogP contribution in [-0.4, -0.2) is 6.08 Å². The zero-order valence-electron chi connectivity index (χ0n) is 7.01. The summed E-state index contributed by atoms with van der Waals surface area (Å²) in [5, 5.41) is 0. The lowest BCUT2D eigenvalue weighted by molar-refractivity contribution is 0.146. The fourth-order valence-corrected chi connectivity index (χ4v) is 0.970. The molecule has 1 rings (SSSR count). The third kappa shape index (κ3) is 2.44. The molecular formula is C9H6F3NO. The molecule has 0 radical (unpaired) electrons. The smallest absolute Gasteiger partial charge is 0.211 e. The number of rotatable bonds is 3. The van der Waals surface area contributed by atoms with Crippen LogP contribution in [0.5, 0.6) is 0 Å². The Morgan fingerprint density at radius 3 is 2.64 bits per heavy atom. The second-order valence-corrected chi connectivity index (χ2v) is 2.56. The van der Waals surface area contributed by atoms with Crippen LogP contribution in [0.2, 0.25) is 0 Å². The maximum atomic E-state index is 12.9. The van der Waals surface area contributed by atoms with Crippen LogP contribution in [0.25, 0.3) is 0 Å². The molecule has 0 N–H and O–H groups in total. The molecule has 0 heterocycles. The predicted molar refractivity (Wildman–Crippen MR) is 43.2 cm³/mol. The van der Waals surface area contributed by atoms with Crippen LogP contribution in [0, 0.1) is 5.82 Å². The summed E-state index contributed by atoms with van der Waals surface area (Å²) in [5.74, 6) is -0.987. The standard InChI is InChI=1S/C9H6F3NO/c10-8-3-6(4-13-5-14)1-2-7(8)9(11)12/h1-3,9H,4H2. The third-order valence-electron chi connectivity index (χ3n) is 1.63. The second kappa shape index (κ2) is 4.58. The van der Waals surface area contributed by atoms with Gasteiger partial charge in [-0.25, -0.2) is 23.0 Å². The predicted octanol–water partition coefficient (Wildman–Crippen LogP) is 2.60. The van der Waals surface area contributed by atoms with Crippen molar-refractivity contribution >= 4 is 6.08 Å². The first-order valence-electron chi connectivity index (χ1n) is 3.75. The van der Waals surface area contributed by atoms with E-state index in [-0.39, 0.29) is 6.54 Å². The van der Waals surface area contributed by atoms with Crippen molar-refractivity contribution in [3.05, 3.63) is 35.1 Å². The molecule has 2 nitrogen and oxygen atoms in total. The van der Waals surface area contributed by atoms with Crippen LogP contribution < -0.4 is 0 Å². The number of carbonyl (C=O) groups excluding carboxylic acids is 1. The molecule has 0 aliphatic carbocycles. The van der Waals surface area contributed by atoms with Crippen molar-refractivity contribution in [1.82, 2.24) is 0 Å². The summed E-state index contributed by atoms with van der Waals surface area (Å²) in [6, 6.07) is 3.21. The SMILES string of the molecule is O=C=NCc1ccc(C(F)F)c(F)c1. The summed E-state index contributed by atoms with van der Waals surface area (Å²) in [4.78, 5) is 12.9. The molecule has 0 aliphatic heterocycles. The van der Waals surface area contributed by atoms with Crippen molar-refractivity contribution < 1.29 is 18.0 Å². The highest BCUT2D eigenvalue weighted by Crippen LogP contribution is 2.22. The summed E-state index contributed by atoms with van der Waals surface area (Å²) >= 11 is 0. The van der Waals surface area contributed by atoms with Gasteiger partial charge in [0.05, 0.1) is 12.1 Å². The quantitative estimate of drug-likeness (QED) is 0.546. The lowest BCUT2D eigenvalue weighted by atomic mass is 10.1. The van der Waals surface area contributed by atoms with Crippen molar-refractivity contribution in [2.45, 2.75) is 13.0 Å². The van der Waals surface area contributed by atoms with E-state index in [0.29, 0.717) is 5.56 Å². The summed E-state index contributed by atoms with van der Waals surface area (Å²) in [6.07, 6.45) is -1.56. The van der Waals surface area contributed by atoms with Gasteiger partial charge in [-0.3, -0.25) is 0 Å². The number of halogens is 3. The van der Waals surface area contributed by atoms with Crippen LogP contribution in [-0.2, 0) is 11.3 Å². The molecule has 0 atom stereocenters. The highest BCUT2D eigenvalue weighted by molar-refractivity contribution is 5.34. The molecule has 0 unspecified atom stereocenters. The van der Waals surface area contributed by atoms with Gasteiger partial charge in [0.25, 0.3) is 6.43 Å². The van der Waals surface area contributed by atoms with Crippen molar-refractivity contribution in [2.75, 3.05) is 0 Å². The maximum absolute atomic E-state index is 12.9. The molecule has 5 heteroatoms. The Hall–Kier alpha value is -1.61. The molecule has 0 saturated carbocycles. The van der Waals surface area contributed by atoms with E-state index in [2.05, 4.69) is 4.99 Å². The summed E-state index contributed by atoms with van der Waals surface area (Å²) < 4.78 is 37.1. The minimum absolute atomic E-state index is 0.0516. The molecule has 0 saturated heterocycles. The normalized spacial score (nSPS) is 10.0. The molecule has 0 amide bonds. The van der Waals surface area contributed by atoms with E-state index in [4.69, 9.17) is 0 Å². The fourth-order valence-electron chi connectivity index (χ4n) is 0.970. The van der Waals surface area contributed by atoms with Gasteiger partial charge in [0.2, 0.25) is 6.08 Å². The molecule has 0 aliphatic rings. The van der Waals surface area contributed by atoms with E-state index in [1.165, 1.54) is 12.1 Å². The first kappa shape index (κ1) is 10.5. The van der Waals surface area contributed by atoms with Crippen LogP contribution in [0.15, 0.2) is 23.2 Å². The van der Waals surface area contributed by atoms with Crippen molar-refractivity contribution in [1.29, 1.82) is 0 Å². The van der Waals surface area contributed by atoms with E-state index in [9.17, 15) is 18.0 Å². The van der Waals surface area contributed by atoms with Gasteiger partial charge < -0.3 is 0 Å². The van der Waals surface area contributed by atoms with Gasteiger partial charge in [0.1, 0.15) is 5.82 Å². The average Bonchev–Trinajstić information content (AvgIpc) is 2.14. The number of hydrogen-bond acceptors (Lipinski definition) is 2. The molecular weight excluding hydrogens is 195 g/mol. The van der Waals surface area contributed by atoms with Gasteiger partial charge in [-0.15, -0.1) is 0 Å². The first-order valence-corrected chi connectivity index (χ1v) is 3.75. The number of nitrogens with zero attached hydrogens (tertiary/aromatic N) is 1. The number of alkyl halides is 2. The Bertz CT molecular complexity index is 372. The van der Waals surface area contributed by atoms with Gasteiger partial charge in [0.15, 0.2) is 0 Å². The Morgan fingerprint density at radius 2 is 2.14 bits per heavy atom. The van der Waals surface area contributed by atoms with Crippen LogP contribution >= 0.6 is 0 Å². The largest absolute Gasteiger partial charge is 0.266 e. The lowest BCUT2D eigenvalue weighted by Crippen LogP contribution is -1.92. The first-order chi connectivity index (χ1) is 6.65. The van der Waals surface area contributed by atoms with Gasteiger partial charge in [-0.05, 0) is 11.6 Å². The Labute approximate surface area is 78.1 Å².